The van der Waals surface area contributed by atoms with Gasteiger partial charge in [-0.2, -0.15) is 0 Å². The summed E-state index contributed by atoms with van der Waals surface area (Å²) in [6.07, 6.45) is -4.79. The predicted molar refractivity (Wildman–Crippen MR) is 105 cm³/mol. The molecule has 0 radical (unpaired) electrons. The Kier molecular flexibility index (Phi) is 9.14. The topological polar surface area (TPSA) is 24.5 Å². The van der Waals surface area contributed by atoms with Crippen LogP contribution < -0.4 is 10.1 Å². The highest BCUT2D eigenvalue weighted by Gasteiger charge is 2.32. The van der Waals surface area contributed by atoms with E-state index in [0.29, 0.717) is 31.7 Å². The van der Waals surface area contributed by atoms with Crippen LogP contribution in [0.3, 0.4) is 0 Å². The molecule has 1 atom stereocenters. The summed E-state index contributed by atoms with van der Waals surface area (Å²) in [5.41, 5.74) is 0.919. The van der Waals surface area contributed by atoms with E-state index in [1.165, 1.54) is 43.3 Å². The van der Waals surface area contributed by atoms with Crippen molar-refractivity contribution in [3.63, 3.8) is 0 Å². The lowest BCUT2D eigenvalue weighted by molar-refractivity contribution is -0.274. The summed E-state index contributed by atoms with van der Waals surface area (Å²) in [6, 6.07) is 7.68. The molecule has 0 aliphatic carbocycles. The zero-order valence-corrected chi connectivity index (χ0v) is 17.1. The highest BCUT2D eigenvalue weighted by atomic mass is 35.5. The van der Waals surface area contributed by atoms with Gasteiger partial charge in [-0.05, 0) is 30.2 Å². The monoisotopic (exact) mass is 458 g/mol. The third-order valence-electron chi connectivity index (χ3n) is 4.55. The standard InChI is InChI=1S/C19H19F5N2O.2ClH/c1-12-2-7-15(17(21)16(12)20)18(26-10-8-25-9-11-26)13-3-5-14(6-4-13)27-19(22,23)24;;/h2-7,18,25H,8-11H2,1H3;2*1H/t18-;;/m0../s1. The summed E-state index contributed by atoms with van der Waals surface area (Å²) in [7, 11) is 0. The Bertz CT molecular complexity index is 796. The summed E-state index contributed by atoms with van der Waals surface area (Å²) in [5, 5.41) is 3.19. The number of piperazine rings is 1. The van der Waals surface area contributed by atoms with E-state index in [2.05, 4.69) is 10.1 Å². The normalized spacial score (nSPS) is 15.8. The molecule has 0 spiro atoms. The van der Waals surface area contributed by atoms with Gasteiger partial charge in [0.2, 0.25) is 0 Å². The van der Waals surface area contributed by atoms with Gasteiger partial charge in [0.25, 0.3) is 0 Å². The second-order valence-corrected chi connectivity index (χ2v) is 6.40. The average molecular weight is 459 g/mol. The van der Waals surface area contributed by atoms with Crippen LogP contribution in [0.2, 0.25) is 0 Å². The average Bonchev–Trinajstić information content (AvgIpc) is 2.63. The molecule has 3 nitrogen and oxygen atoms in total. The van der Waals surface area contributed by atoms with E-state index >= 15 is 0 Å². The SMILES string of the molecule is Cc1ccc([C@H](c2ccc(OC(F)(F)F)cc2)N2CCNCC2)c(F)c1F.Cl.Cl. The van der Waals surface area contributed by atoms with Gasteiger partial charge in [0.05, 0.1) is 6.04 Å². The number of ether oxygens (including phenoxy) is 1. The van der Waals surface area contributed by atoms with Gasteiger partial charge < -0.3 is 10.1 Å². The third-order valence-corrected chi connectivity index (χ3v) is 4.55. The van der Waals surface area contributed by atoms with E-state index in [0.717, 1.165) is 0 Å². The molecular formula is C19H21Cl2F5N2O. The first-order valence-electron chi connectivity index (χ1n) is 8.51. The van der Waals surface area contributed by atoms with Crippen molar-refractivity contribution in [2.24, 2.45) is 0 Å². The second-order valence-electron chi connectivity index (χ2n) is 6.40. The molecule has 3 rings (SSSR count). The van der Waals surface area contributed by atoms with Crippen LogP contribution in [0.4, 0.5) is 22.0 Å². The van der Waals surface area contributed by atoms with Crippen molar-refractivity contribution in [1.29, 1.82) is 0 Å². The Morgan fingerprint density at radius 2 is 1.52 bits per heavy atom. The lowest BCUT2D eigenvalue weighted by atomic mass is 9.94. The van der Waals surface area contributed by atoms with Crippen LogP contribution in [0.5, 0.6) is 5.75 Å². The predicted octanol–water partition coefficient (Wildman–Crippen LogP) is 5.01. The maximum Gasteiger partial charge on any atom is 0.573 e. The fourth-order valence-corrected chi connectivity index (χ4v) is 3.25. The quantitative estimate of drug-likeness (QED) is 0.651. The van der Waals surface area contributed by atoms with Crippen molar-refractivity contribution in [2.45, 2.75) is 19.3 Å². The first-order chi connectivity index (χ1) is 12.8. The van der Waals surface area contributed by atoms with Gasteiger partial charge in [0.15, 0.2) is 11.6 Å². The molecule has 1 aliphatic heterocycles. The van der Waals surface area contributed by atoms with Gasteiger partial charge in [-0.3, -0.25) is 4.90 Å². The minimum absolute atomic E-state index is 0. The number of aryl methyl sites for hydroxylation is 1. The Labute approximate surface area is 178 Å². The Hall–Kier alpha value is -1.61. The van der Waals surface area contributed by atoms with Gasteiger partial charge in [0, 0.05) is 31.7 Å². The summed E-state index contributed by atoms with van der Waals surface area (Å²) in [6.45, 7) is 4.04. The first-order valence-corrected chi connectivity index (χ1v) is 8.51. The molecule has 10 heteroatoms. The van der Waals surface area contributed by atoms with E-state index in [1.807, 2.05) is 4.90 Å². The maximum atomic E-state index is 14.7. The molecule has 2 aromatic carbocycles. The maximum absolute atomic E-state index is 14.7. The van der Waals surface area contributed by atoms with Crippen molar-refractivity contribution in [2.75, 3.05) is 26.2 Å². The molecule has 0 bridgehead atoms. The van der Waals surface area contributed by atoms with Gasteiger partial charge in [-0.15, -0.1) is 38.0 Å². The van der Waals surface area contributed by atoms with Crippen LogP contribution in [-0.2, 0) is 0 Å². The molecule has 0 aromatic heterocycles. The van der Waals surface area contributed by atoms with Crippen molar-refractivity contribution in [1.82, 2.24) is 10.2 Å². The van der Waals surface area contributed by atoms with Crippen LogP contribution in [0, 0.1) is 18.6 Å². The highest BCUT2D eigenvalue weighted by Crippen LogP contribution is 2.34. The van der Waals surface area contributed by atoms with E-state index in [4.69, 9.17) is 0 Å². The molecule has 0 amide bonds. The first kappa shape index (κ1) is 25.4. The van der Waals surface area contributed by atoms with Crippen LogP contribution in [0.15, 0.2) is 36.4 Å². The number of nitrogens with zero attached hydrogens (tertiary/aromatic N) is 1. The molecule has 1 N–H and O–H groups in total. The number of hydrogen-bond acceptors (Lipinski definition) is 3. The van der Waals surface area contributed by atoms with Crippen LogP contribution in [-0.4, -0.2) is 37.4 Å². The van der Waals surface area contributed by atoms with Crippen LogP contribution >= 0.6 is 24.8 Å². The third kappa shape index (κ3) is 6.18. The van der Waals surface area contributed by atoms with Crippen LogP contribution in [0.1, 0.15) is 22.7 Å². The number of nitrogens with one attached hydrogen (secondary N) is 1. The van der Waals surface area contributed by atoms with Gasteiger partial charge >= 0.3 is 6.36 Å². The molecule has 1 saturated heterocycles. The highest BCUT2D eigenvalue weighted by molar-refractivity contribution is 5.85. The van der Waals surface area contributed by atoms with Gasteiger partial charge in [0.1, 0.15) is 5.75 Å². The van der Waals surface area contributed by atoms with E-state index < -0.39 is 24.0 Å². The Morgan fingerprint density at radius 1 is 0.931 bits per heavy atom. The van der Waals surface area contributed by atoms with Gasteiger partial charge in [-0.1, -0.05) is 24.3 Å². The molecule has 0 saturated carbocycles. The molecule has 1 aliphatic rings. The Morgan fingerprint density at radius 3 is 2.07 bits per heavy atom. The lowest BCUT2D eigenvalue weighted by Gasteiger charge is -2.36. The fraction of sp³-hybridized carbons (Fsp3) is 0.368. The number of alkyl halides is 3. The summed E-state index contributed by atoms with van der Waals surface area (Å²) in [4.78, 5) is 1.98. The van der Waals surface area contributed by atoms with E-state index in [-0.39, 0.29) is 41.7 Å². The summed E-state index contributed by atoms with van der Waals surface area (Å²) >= 11 is 0. The van der Waals surface area contributed by atoms with E-state index in [1.54, 1.807) is 0 Å². The number of rotatable bonds is 4. The van der Waals surface area contributed by atoms with E-state index in [9.17, 15) is 22.0 Å². The summed E-state index contributed by atoms with van der Waals surface area (Å²) in [5.74, 6) is -2.21. The number of hydrogen-bond donors (Lipinski definition) is 1. The molecule has 1 heterocycles. The van der Waals surface area contributed by atoms with Crippen molar-refractivity contribution < 1.29 is 26.7 Å². The Balaban J connectivity index is 0.00000210. The zero-order valence-electron chi connectivity index (χ0n) is 15.4. The number of benzene rings is 2. The molecule has 2 aromatic rings. The van der Waals surface area contributed by atoms with Crippen molar-refractivity contribution in [3.8, 4) is 5.75 Å². The molecule has 162 valence electrons. The second kappa shape index (κ2) is 10.4. The molecule has 1 fully saturated rings. The molecular weight excluding hydrogens is 438 g/mol. The minimum atomic E-state index is -4.79. The van der Waals surface area contributed by atoms with Crippen molar-refractivity contribution in [3.05, 3.63) is 64.7 Å². The minimum Gasteiger partial charge on any atom is -0.406 e. The van der Waals surface area contributed by atoms with Gasteiger partial charge in [-0.25, -0.2) is 8.78 Å². The summed E-state index contributed by atoms with van der Waals surface area (Å²) < 4.78 is 69.8. The molecule has 0 unspecified atom stereocenters. The zero-order chi connectivity index (χ0) is 19.6. The number of halogens is 7. The lowest BCUT2D eigenvalue weighted by Crippen LogP contribution is -2.45. The fourth-order valence-electron chi connectivity index (χ4n) is 3.25. The largest absolute Gasteiger partial charge is 0.573 e. The molecule has 29 heavy (non-hydrogen) atoms. The van der Waals surface area contributed by atoms with Crippen molar-refractivity contribution >= 4 is 24.8 Å². The smallest absolute Gasteiger partial charge is 0.406 e. The van der Waals surface area contributed by atoms with Crippen LogP contribution in [0.25, 0.3) is 0 Å².